The quantitative estimate of drug-likeness (QED) is 0.286. The maximum Gasteiger partial charge on any atom is 0.408 e. The normalized spacial score (nSPS) is 14.5. The number of carbonyl (C=O) groups excluding carboxylic acids is 2. The number of hydrogen-bond acceptors (Lipinski definition) is 9. The number of amides is 2. The smallest absolute Gasteiger partial charge is 0.408 e. The van der Waals surface area contributed by atoms with Crippen LogP contribution in [-0.2, 0) is 22.7 Å². The molecule has 1 aliphatic rings. The highest BCUT2D eigenvalue weighted by Crippen LogP contribution is 2.40. The van der Waals surface area contributed by atoms with Crippen molar-refractivity contribution >= 4 is 33.6 Å². The second-order valence-electron chi connectivity index (χ2n) is 8.54. The Hall–Kier alpha value is -2.76. The van der Waals surface area contributed by atoms with Crippen molar-refractivity contribution in [2.24, 2.45) is 0 Å². The Balaban J connectivity index is 1.57. The van der Waals surface area contributed by atoms with Crippen molar-refractivity contribution in [2.45, 2.75) is 26.1 Å². The van der Waals surface area contributed by atoms with Crippen LogP contribution in [0.2, 0.25) is 0 Å². The average molecular weight is 564 g/mol. The minimum Gasteiger partial charge on any atom is -0.493 e. The molecular weight excluding hydrogens is 526 g/mol. The molecule has 11 heteroatoms. The third-order valence-electron chi connectivity index (χ3n) is 6.10. The predicted molar refractivity (Wildman–Crippen MR) is 152 cm³/mol. The lowest BCUT2D eigenvalue weighted by Crippen LogP contribution is -2.55. The summed E-state index contributed by atoms with van der Waals surface area (Å²) < 4.78 is 21.9. The van der Waals surface area contributed by atoms with Gasteiger partial charge in [0.15, 0.2) is 11.5 Å². The van der Waals surface area contributed by atoms with Gasteiger partial charge in [-0.15, -0.1) is 0 Å². The third-order valence-corrected chi connectivity index (χ3v) is 8.59. The van der Waals surface area contributed by atoms with Gasteiger partial charge in [-0.1, -0.05) is 64.9 Å². The Morgan fingerprint density at radius 1 is 0.921 bits per heavy atom. The Bertz CT molecular complexity index is 1030. The number of ether oxygens (including phenoxy) is 4. The summed E-state index contributed by atoms with van der Waals surface area (Å²) in [6, 6.07) is 12.7. The van der Waals surface area contributed by atoms with Gasteiger partial charge in [0.1, 0.15) is 12.6 Å². The molecule has 9 nitrogen and oxygen atoms in total. The van der Waals surface area contributed by atoms with Gasteiger partial charge in [0.2, 0.25) is 11.7 Å². The molecule has 3 rings (SSSR count). The van der Waals surface area contributed by atoms with Crippen molar-refractivity contribution < 1.29 is 28.5 Å². The fraction of sp³-hybridized carbons (Fsp3) is 0.481. The molecule has 1 aliphatic heterocycles. The zero-order valence-electron chi connectivity index (χ0n) is 22.4. The summed E-state index contributed by atoms with van der Waals surface area (Å²) in [5.41, 5.74) is 1.88. The molecule has 0 radical (unpaired) electrons. The molecule has 0 unspecified atom stereocenters. The maximum atomic E-state index is 13.4. The molecular formula is C27H37N3O6S2. The summed E-state index contributed by atoms with van der Waals surface area (Å²) in [6.07, 6.45) is -0.589. The topological polar surface area (TPSA) is 89.6 Å². The number of nitrogens with one attached hydrogen (secondary N) is 1. The van der Waals surface area contributed by atoms with Crippen LogP contribution in [0.1, 0.15) is 18.1 Å². The van der Waals surface area contributed by atoms with Crippen LogP contribution in [0.25, 0.3) is 0 Å². The van der Waals surface area contributed by atoms with Crippen LogP contribution in [0.15, 0.2) is 42.5 Å². The van der Waals surface area contributed by atoms with E-state index in [1.807, 2.05) is 47.4 Å². The number of piperazine rings is 1. The first-order chi connectivity index (χ1) is 18.5. The van der Waals surface area contributed by atoms with Gasteiger partial charge in [-0.25, -0.2) is 4.79 Å². The third kappa shape index (κ3) is 8.37. The Labute approximate surface area is 232 Å². The average Bonchev–Trinajstić information content (AvgIpc) is 2.95. The first kappa shape index (κ1) is 29.8. The van der Waals surface area contributed by atoms with E-state index in [4.69, 9.17) is 18.9 Å². The number of alkyl carbamates (subject to hydrolysis) is 1. The number of rotatable bonds is 13. The van der Waals surface area contributed by atoms with Gasteiger partial charge < -0.3 is 29.2 Å². The highest BCUT2D eigenvalue weighted by Gasteiger charge is 2.30. The molecule has 38 heavy (non-hydrogen) atoms. The fourth-order valence-electron chi connectivity index (χ4n) is 4.16. The van der Waals surface area contributed by atoms with E-state index < -0.39 is 12.1 Å². The lowest BCUT2D eigenvalue weighted by Gasteiger charge is -2.36. The van der Waals surface area contributed by atoms with Gasteiger partial charge in [0, 0.05) is 49.8 Å². The minimum atomic E-state index is -0.653. The molecule has 0 aliphatic carbocycles. The fourth-order valence-corrected chi connectivity index (χ4v) is 5.98. The lowest BCUT2D eigenvalue weighted by atomic mass is 10.1. The van der Waals surface area contributed by atoms with Gasteiger partial charge in [-0.05, 0) is 11.6 Å². The summed E-state index contributed by atoms with van der Waals surface area (Å²) in [5, 5.41) is 2.79. The van der Waals surface area contributed by atoms with Crippen LogP contribution in [-0.4, -0.2) is 86.9 Å². The number of methoxy groups -OCH3 is 3. The molecule has 1 fully saturated rings. The van der Waals surface area contributed by atoms with Crippen molar-refractivity contribution in [1.29, 1.82) is 0 Å². The molecule has 2 amide bonds. The monoisotopic (exact) mass is 563 g/mol. The largest absolute Gasteiger partial charge is 0.493 e. The standard InChI is InChI=1S/C27H37N3O6S2/c1-5-37-38-19-22(28-27(32)36-18-20-9-7-6-8-10-20)26(31)30-15-13-29(14-16-30)17-21-11-12-23(33-2)25(35-4)24(21)34-3/h6-12,22H,5,13-19H2,1-4H3,(H,28,32)/t22-/m0/s1. The van der Waals surface area contributed by atoms with Gasteiger partial charge in [-0.3, -0.25) is 9.69 Å². The lowest BCUT2D eigenvalue weighted by molar-refractivity contribution is -0.134. The van der Waals surface area contributed by atoms with E-state index in [0.29, 0.717) is 55.7 Å². The molecule has 1 heterocycles. The van der Waals surface area contributed by atoms with Crippen molar-refractivity contribution in [3.8, 4) is 17.2 Å². The number of carbonyl (C=O) groups is 2. The van der Waals surface area contributed by atoms with E-state index in [9.17, 15) is 9.59 Å². The van der Waals surface area contributed by atoms with Crippen molar-refractivity contribution in [2.75, 3.05) is 59.0 Å². The van der Waals surface area contributed by atoms with Crippen molar-refractivity contribution in [1.82, 2.24) is 15.1 Å². The molecule has 208 valence electrons. The van der Waals surface area contributed by atoms with Crippen molar-refractivity contribution in [3.05, 3.63) is 53.6 Å². The molecule has 0 spiro atoms. The summed E-state index contributed by atoms with van der Waals surface area (Å²) in [5.74, 6) is 3.13. The first-order valence-electron chi connectivity index (χ1n) is 12.5. The predicted octanol–water partition coefficient (Wildman–Crippen LogP) is 4.05. The second kappa shape index (κ2) is 15.6. The highest BCUT2D eigenvalue weighted by molar-refractivity contribution is 8.76. The molecule has 1 N–H and O–H groups in total. The van der Waals surface area contributed by atoms with Gasteiger partial charge in [0.05, 0.1) is 21.3 Å². The molecule has 0 bridgehead atoms. The van der Waals surface area contributed by atoms with E-state index in [1.54, 1.807) is 42.9 Å². The molecule has 1 atom stereocenters. The maximum absolute atomic E-state index is 13.4. The number of benzene rings is 2. The minimum absolute atomic E-state index is 0.0887. The van der Waals surface area contributed by atoms with E-state index >= 15 is 0 Å². The summed E-state index contributed by atoms with van der Waals surface area (Å²) in [6.45, 7) is 5.40. The van der Waals surface area contributed by atoms with Crippen molar-refractivity contribution in [3.63, 3.8) is 0 Å². The van der Waals surface area contributed by atoms with Crippen LogP contribution in [0.3, 0.4) is 0 Å². The second-order valence-corrected chi connectivity index (χ2v) is 11.3. The molecule has 2 aromatic carbocycles. The first-order valence-corrected chi connectivity index (χ1v) is 15.0. The zero-order chi connectivity index (χ0) is 27.3. The Morgan fingerprint density at radius 2 is 1.63 bits per heavy atom. The number of nitrogens with zero attached hydrogens (tertiary/aromatic N) is 2. The van der Waals surface area contributed by atoms with E-state index in [-0.39, 0.29) is 12.5 Å². The van der Waals surface area contributed by atoms with Crippen LogP contribution in [0.4, 0.5) is 4.79 Å². The Morgan fingerprint density at radius 3 is 2.26 bits per heavy atom. The summed E-state index contributed by atoms with van der Waals surface area (Å²) >= 11 is 0. The van der Waals surface area contributed by atoms with Crippen LogP contribution < -0.4 is 19.5 Å². The van der Waals surface area contributed by atoms with E-state index in [2.05, 4.69) is 17.1 Å². The Kier molecular flexibility index (Phi) is 12.2. The zero-order valence-corrected chi connectivity index (χ0v) is 24.1. The highest BCUT2D eigenvalue weighted by atomic mass is 33.1. The number of hydrogen-bond donors (Lipinski definition) is 1. The summed E-state index contributed by atoms with van der Waals surface area (Å²) in [4.78, 5) is 30.0. The molecule has 2 aromatic rings. The molecule has 0 saturated carbocycles. The van der Waals surface area contributed by atoms with Crippen LogP contribution in [0, 0.1) is 0 Å². The van der Waals surface area contributed by atoms with Gasteiger partial charge >= 0.3 is 6.09 Å². The molecule has 1 saturated heterocycles. The van der Waals surface area contributed by atoms with Gasteiger partial charge in [0.25, 0.3) is 0 Å². The SMILES string of the molecule is CCSSC[C@H](NC(=O)OCc1ccccc1)C(=O)N1CCN(Cc2ccc(OC)c(OC)c2OC)CC1. The van der Waals surface area contributed by atoms with Crippen LogP contribution in [0.5, 0.6) is 17.2 Å². The van der Waals surface area contributed by atoms with Gasteiger partial charge in [-0.2, -0.15) is 0 Å². The van der Waals surface area contributed by atoms with E-state index in [0.717, 1.165) is 16.9 Å². The van der Waals surface area contributed by atoms with E-state index in [1.165, 1.54) is 0 Å². The van der Waals surface area contributed by atoms with Crippen LogP contribution >= 0.6 is 21.6 Å². The molecule has 0 aromatic heterocycles. The summed E-state index contributed by atoms with van der Waals surface area (Å²) in [7, 11) is 8.04.